The van der Waals surface area contributed by atoms with Crippen molar-refractivity contribution in [2.75, 3.05) is 18.4 Å². The number of nitrogens with zero attached hydrogens (tertiary/aromatic N) is 1. The quantitative estimate of drug-likeness (QED) is 0.805. The third kappa shape index (κ3) is 4.57. The summed E-state index contributed by atoms with van der Waals surface area (Å²) in [5, 5.41) is 2.69. The van der Waals surface area contributed by atoms with Crippen LogP contribution in [-0.2, 0) is 16.1 Å². The van der Waals surface area contributed by atoms with Crippen LogP contribution in [0.15, 0.2) is 42.5 Å². The Morgan fingerprint density at radius 3 is 2.36 bits per heavy atom. The average Bonchev–Trinajstić information content (AvgIpc) is 3.22. The highest BCUT2D eigenvalue weighted by molar-refractivity contribution is 6.01. The Morgan fingerprint density at radius 2 is 1.71 bits per heavy atom. The minimum atomic E-state index is -0.510. The highest BCUT2D eigenvalue weighted by atomic mass is 16.5. The molecule has 0 saturated carbocycles. The summed E-state index contributed by atoms with van der Waals surface area (Å²) in [5.41, 5.74) is 3.00. The zero-order valence-corrected chi connectivity index (χ0v) is 16.2. The second-order valence-corrected chi connectivity index (χ2v) is 6.95. The van der Waals surface area contributed by atoms with E-state index in [2.05, 4.69) is 5.32 Å². The SMILES string of the molecule is CC(=O)Nc1c(C)cccc1C(=O)OCc1ccc(C(=O)N2CCCC2)cc1. The molecule has 1 heterocycles. The molecule has 1 fully saturated rings. The number of ether oxygens (including phenoxy) is 1. The van der Waals surface area contributed by atoms with Crippen molar-refractivity contribution in [3.8, 4) is 0 Å². The van der Waals surface area contributed by atoms with Crippen molar-refractivity contribution < 1.29 is 19.1 Å². The fraction of sp³-hybridized carbons (Fsp3) is 0.318. The van der Waals surface area contributed by atoms with E-state index in [4.69, 9.17) is 4.74 Å². The average molecular weight is 380 g/mol. The fourth-order valence-electron chi connectivity index (χ4n) is 3.25. The van der Waals surface area contributed by atoms with Crippen LogP contribution in [-0.4, -0.2) is 35.8 Å². The van der Waals surface area contributed by atoms with E-state index in [0.717, 1.165) is 37.1 Å². The molecule has 0 spiro atoms. The number of aryl methyl sites for hydroxylation is 1. The van der Waals surface area contributed by atoms with E-state index >= 15 is 0 Å². The number of para-hydroxylation sites is 1. The van der Waals surface area contributed by atoms with Gasteiger partial charge < -0.3 is 15.0 Å². The van der Waals surface area contributed by atoms with Gasteiger partial charge in [0.05, 0.1) is 11.3 Å². The topological polar surface area (TPSA) is 75.7 Å². The van der Waals surface area contributed by atoms with Crippen LogP contribution >= 0.6 is 0 Å². The van der Waals surface area contributed by atoms with Gasteiger partial charge in [0.1, 0.15) is 6.61 Å². The van der Waals surface area contributed by atoms with Crippen molar-refractivity contribution in [1.82, 2.24) is 4.90 Å². The molecule has 0 radical (unpaired) electrons. The normalized spacial score (nSPS) is 13.3. The lowest BCUT2D eigenvalue weighted by Crippen LogP contribution is -2.27. The van der Waals surface area contributed by atoms with E-state index in [0.29, 0.717) is 16.8 Å². The Balaban J connectivity index is 1.64. The van der Waals surface area contributed by atoms with E-state index in [1.807, 2.05) is 17.9 Å². The summed E-state index contributed by atoms with van der Waals surface area (Å²) in [6.07, 6.45) is 2.11. The molecule has 1 aliphatic rings. The van der Waals surface area contributed by atoms with Gasteiger partial charge in [0.25, 0.3) is 5.91 Å². The molecule has 3 rings (SSSR count). The molecule has 1 aliphatic heterocycles. The van der Waals surface area contributed by atoms with E-state index in [1.54, 1.807) is 36.4 Å². The van der Waals surface area contributed by atoms with Gasteiger partial charge in [-0.1, -0.05) is 24.3 Å². The van der Waals surface area contributed by atoms with E-state index in [9.17, 15) is 14.4 Å². The number of carbonyl (C=O) groups excluding carboxylic acids is 3. The van der Waals surface area contributed by atoms with Crippen molar-refractivity contribution in [3.05, 3.63) is 64.7 Å². The predicted molar refractivity (Wildman–Crippen MR) is 106 cm³/mol. The first-order valence-corrected chi connectivity index (χ1v) is 9.38. The summed E-state index contributed by atoms with van der Waals surface area (Å²) >= 11 is 0. The van der Waals surface area contributed by atoms with Crippen LogP contribution in [0.25, 0.3) is 0 Å². The fourth-order valence-corrected chi connectivity index (χ4v) is 3.25. The molecule has 1 saturated heterocycles. The monoisotopic (exact) mass is 380 g/mol. The Morgan fingerprint density at radius 1 is 1.04 bits per heavy atom. The molecule has 1 N–H and O–H groups in total. The number of esters is 1. The summed E-state index contributed by atoms with van der Waals surface area (Å²) < 4.78 is 5.41. The highest BCUT2D eigenvalue weighted by Gasteiger charge is 2.19. The van der Waals surface area contributed by atoms with Crippen LogP contribution in [0, 0.1) is 6.92 Å². The first-order chi connectivity index (χ1) is 13.5. The van der Waals surface area contributed by atoms with Crippen LogP contribution < -0.4 is 5.32 Å². The summed E-state index contributed by atoms with van der Waals surface area (Å²) in [5.74, 6) is -0.716. The number of carbonyl (C=O) groups is 3. The number of benzene rings is 2. The first-order valence-electron chi connectivity index (χ1n) is 9.38. The van der Waals surface area contributed by atoms with Gasteiger partial charge in [-0.25, -0.2) is 4.79 Å². The second-order valence-electron chi connectivity index (χ2n) is 6.95. The first kappa shape index (κ1) is 19.6. The van der Waals surface area contributed by atoms with Gasteiger partial charge in [0.2, 0.25) is 5.91 Å². The molecular weight excluding hydrogens is 356 g/mol. The zero-order valence-electron chi connectivity index (χ0n) is 16.2. The van der Waals surface area contributed by atoms with Crippen LogP contribution in [0.5, 0.6) is 0 Å². The lowest BCUT2D eigenvalue weighted by atomic mass is 10.1. The minimum absolute atomic E-state index is 0.0424. The molecule has 28 heavy (non-hydrogen) atoms. The van der Waals surface area contributed by atoms with E-state index in [1.165, 1.54) is 6.92 Å². The number of hydrogen-bond acceptors (Lipinski definition) is 4. The van der Waals surface area contributed by atoms with Crippen molar-refractivity contribution in [3.63, 3.8) is 0 Å². The molecule has 0 bridgehead atoms. The second kappa shape index (κ2) is 8.69. The molecular formula is C22H24N2O4. The molecule has 2 aromatic rings. The number of likely N-dealkylation sites (tertiary alicyclic amines) is 1. The molecule has 146 valence electrons. The molecule has 0 aliphatic carbocycles. The van der Waals surface area contributed by atoms with Gasteiger partial charge in [-0.3, -0.25) is 9.59 Å². The summed E-state index contributed by atoms with van der Waals surface area (Å²) in [6, 6.07) is 12.3. The lowest BCUT2D eigenvalue weighted by Gasteiger charge is -2.15. The number of rotatable bonds is 5. The standard InChI is InChI=1S/C22H24N2O4/c1-15-6-5-7-19(20(15)23-16(2)25)22(27)28-14-17-8-10-18(11-9-17)21(26)24-12-3-4-13-24/h5-11H,3-4,12-14H2,1-2H3,(H,23,25). The summed E-state index contributed by atoms with van der Waals surface area (Å²) in [6.45, 7) is 4.92. The molecule has 0 unspecified atom stereocenters. The summed E-state index contributed by atoms with van der Waals surface area (Å²) in [7, 11) is 0. The van der Waals surface area contributed by atoms with Crippen LogP contribution in [0.3, 0.4) is 0 Å². The van der Waals surface area contributed by atoms with Gasteiger partial charge in [-0.2, -0.15) is 0 Å². The van der Waals surface area contributed by atoms with E-state index in [-0.39, 0.29) is 18.4 Å². The highest BCUT2D eigenvalue weighted by Crippen LogP contribution is 2.22. The molecule has 0 aromatic heterocycles. The van der Waals surface area contributed by atoms with Gasteiger partial charge in [-0.05, 0) is 49.1 Å². The van der Waals surface area contributed by atoms with Crippen molar-refractivity contribution in [2.24, 2.45) is 0 Å². The summed E-state index contributed by atoms with van der Waals surface area (Å²) in [4.78, 5) is 38.1. The lowest BCUT2D eigenvalue weighted by molar-refractivity contribution is -0.114. The van der Waals surface area contributed by atoms with Gasteiger partial charge >= 0.3 is 5.97 Å². The maximum Gasteiger partial charge on any atom is 0.340 e. The van der Waals surface area contributed by atoms with Crippen molar-refractivity contribution >= 4 is 23.5 Å². The van der Waals surface area contributed by atoms with Gasteiger partial charge in [0.15, 0.2) is 0 Å². The Hall–Kier alpha value is -3.15. The number of amides is 2. The van der Waals surface area contributed by atoms with Crippen LogP contribution in [0.4, 0.5) is 5.69 Å². The third-order valence-electron chi connectivity index (χ3n) is 4.76. The van der Waals surface area contributed by atoms with E-state index < -0.39 is 5.97 Å². The minimum Gasteiger partial charge on any atom is -0.457 e. The van der Waals surface area contributed by atoms with Crippen LogP contribution in [0.2, 0.25) is 0 Å². The maximum atomic E-state index is 12.5. The molecule has 2 amide bonds. The maximum absolute atomic E-state index is 12.5. The Bertz CT molecular complexity index is 884. The van der Waals surface area contributed by atoms with Crippen LogP contribution in [0.1, 0.15) is 51.6 Å². The van der Waals surface area contributed by atoms with Crippen molar-refractivity contribution in [1.29, 1.82) is 0 Å². The largest absolute Gasteiger partial charge is 0.457 e. The predicted octanol–water partition coefficient (Wildman–Crippen LogP) is 3.55. The van der Waals surface area contributed by atoms with Crippen molar-refractivity contribution in [2.45, 2.75) is 33.3 Å². The zero-order chi connectivity index (χ0) is 20.1. The number of anilines is 1. The smallest absolute Gasteiger partial charge is 0.340 e. The molecule has 2 aromatic carbocycles. The molecule has 0 atom stereocenters. The Labute approximate surface area is 164 Å². The Kier molecular flexibility index (Phi) is 6.09. The number of nitrogens with one attached hydrogen (secondary N) is 1. The van der Waals surface area contributed by atoms with Gasteiger partial charge in [0, 0.05) is 25.6 Å². The molecule has 6 heteroatoms. The van der Waals surface area contributed by atoms with Gasteiger partial charge in [-0.15, -0.1) is 0 Å². The molecule has 6 nitrogen and oxygen atoms in total. The third-order valence-corrected chi connectivity index (χ3v) is 4.76. The number of hydrogen-bond donors (Lipinski definition) is 1.